The number of Topliss-reactive ketones (excluding diaryl/α,β-unsaturated/α-hetero) is 1. The Morgan fingerprint density at radius 1 is 1.13 bits per heavy atom. The highest BCUT2D eigenvalue weighted by Gasteiger charge is 2.44. The Balaban J connectivity index is 2.12. The molecule has 0 saturated carbocycles. The minimum atomic E-state index is -3.61. The first-order chi connectivity index (χ1) is 7.05. The SMILES string of the molecule is O=C1CCc2cc3c(cc21)OC(F)(F)O3. The molecule has 0 aromatic heterocycles. The van der Waals surface area contributed by atoms with Gasteiger partial charge in [-0.3, -0.25) is 4.79 Å². The van der Waals surface area contributed by atoms with Crippen molar-refractivity contribution in [2.45, 2.75) is 19.1 Å². The number of ether oxygens (including phenoxy) is 2. The summed E-state index contributed by atoms with van der Waals surface area (Å²) >= 11 is 0. The zero-order valence-corrected chi connectivity index (χ0v) is 7.55. The highest BCUT2D eigenvalue weighted by atomic mass is 19.3. The highest BCUT2D eigenvalue weighted by Crippen LogP contribution is 2.43. The molecule has 1 aromatic carbocycles. The number of aryl methyl sites for hydroxylation is 1. The molecule has 5 heteroatoms. The second-order valence-corrected chi connectivity index (χ2v) is 3.55. The van der Waals surface area contributed by atoms with Gasteiger partial charge in [-0.1, -0.05) is 0 Å². The third-order valence-corrected chi connectivity index (χ3v) is 2.55. The molecular weight excluding hydrogens is 206 g/mol. The van der Waals surface area contributed by atoms with Crippen molar-refractivity contribution >= 4 is 5.78 Å². The molecule has 0 saturated heterocycles. The number of ketones is 1. The summed E-state index contributed by atoms with van der Waals surface area (Å²) in [5, 5.41) is 0. The van der Waals surface area contributed by atoms with E-state index in [2.05, 4.69) is 9.47 Å². The van der Waals surface area contributed by atoms with Gasteiger partial charge in [-0.25, -0.2) is 0 Å². The number of carbonyl (C=O) groups excluding carboxylic acids is 1. The fourth-order valence-electron chi connectivity index (χ4n) is 1.89. The first kappa shape index (κ1) is 8.64. The maximum Gasteiger partial charge on any atom is 0.586 e. The van der Waals surface area contributed by atoms with E-state index in [-0.39, 0.29) is 17.3 Å². The molecule has 1 aliphatic carbocycles. The molecule has 1 heterocycles. The Morgan fingerprint density at radius 2 is 1.80 bits per heavy atom. The van der Waals surface area contributed by atoms with E-state index in [1.807, 2.05) is 0 Å². The lowest BCUT2D eigenvalue weighted by molar-refractivity contribution is -0.286. The molecule has 1 aromatic rings. The lowest BCUT2D eigenvalue weighted by Crippen LogP contribution is -2.25. The summed E-state index contributed by atoms with van der Waals surface area (Å²) in [6.45, 7) is 0. The van der Waals surface area contributed by atoms with Gasteiger partial charge in [0.1, 0.15) is 0 Å². The number of fused-ring (bicyclic) bond motifs is 2. The lowest BCUT2D eigenvalue weighted by Gasteiger charge is -2.04. The molecule has 1 aliphatic heterocycles. The Hall–Kier alpha value is -1.65. The third-order valence-electron chi connectivity index (χ3n) is 2.55. The second-order valence-electron chi connectivity index (χ2n) is 3.55. The minimum Gasteiger partial charge on any atom is -0.395 e. The third kappa shape index (κ3) is 1.19. The first-order valence-corrected chi connectivity index (χ1v) is 4.51. The highest BCUT2D eigenvalue weighted by molar-refractivity contribution is 6.01. The average molecular weight is 212 g/mol. The summed E-state index contributed by atoms with van der Waals surface area (Å²) in [5.74, 6) is -0.0888. The molecule has 0 radical (unpaired) electrons. The molecule has 0 fully saturated rings. The molecular formula is C10H6F2O3. The molecule has 0 amide bonds. The maximum atomic E-state index is 12.7. The molecule has 2 aliphatic rings. The number of rotatable bonds is 0. The van der Waals surface area contributed by atoms with Crippen molar-refractivity contribution in [3.05, 3.63) is 23.3 Å². The van der Waals surface area contributed by atoms with Crippen LogP contribution in [0.2, 0.25) is 0 Å². The number of carbonyl (C=O) groups is 1. The van der Waals surface area contributed by atoms with Crippen LogP contribution in [0.4, 0.5) is 8.78 Å². The quantitative estimate of drug-likeness (QED) is 0.660. The van der Waals surface area contributed by atoms with Crippen LogP contribution in [0.15, 0.2) is 12.1 Å². The van der Waals surface area contributed by atoms with Gasteiger partial charge in [-0.05, 0) is 24.1 Å². The van der Waals surface area contributed by atoms with Crippen molar-refractivity contribution in [3.63, 3.8) is 0 Å². The van der Waals surface area contributed by atoms with E-state index in [4.69, 9.17) is 0 Å². The van der Waals surface area contributed by atoms with Crippen LogP contribution in [0, 0.1) is 0 Å². The standard InChI is InChI=1S/C10H6F2O3/c11-10(12)14-8-3-5-1-2-7(13)6(5)4-9(8)15-10/h3-4H,1-2H2. The Morgan fingerprint density at radius 3 is 2.53 bits per heavy atom. The summed E-state index contributed by atoms with van der Waals surface area (Å²) in [6, 6.07) is 2.79. The van der Waals surface area contributed by atoms with E-state index in [1.54, 1.807) is 0 Å². The van der Waals surface area contributed by atoms with Gasteiger partial charge in [0, 0.05) is 12.0 Å². The van der Waals surface area contributed by atoms with Gasteiger partial charge in [0.2, 0.25) is 0 Å². The summed E-state index contributed by atoms with van der Waals surface area (Å²) < 4.78 is 33.9. The lowest BCUT2D eigenvalue weighted by atomic mass is 10.1. The topological polar surface area (TPSA) is 35.5 Å². The molecule has 0 atom stereocenters. The van der Waals surface area contributed by atoms with Gasteiger partial charge in [0.15, 0.2) is 17.3 Å². The molecule has 0 spiro atoms. The Kier molecular flexibility index (Phi) is 1.43. The number of hydrogen-bond donors (Lipinski definition) is 0. The second kappa shape index (κ2) is 2.48. The molecule has 78 valence electrons. The smallest absolute Gasteiger partial charge is 0.395 e. The largest absolute Gasteiger partial charge is 0.586 e. The van der Waals surface area contributed by atoms with E-state index in [0.717, 1.165) is 5.56 Å². The van der Waals surface area contributed by atoms with Gasteiger partial charge in [0.25, 0.3) is 0 Å². The minimum absolute atomic E-state index is 0.00782. The molecule has 3 rings (SSSR count). The van der Waals surface area contributed by atoms with Crippen LogP contribution in [-0.4, -0.2) is 12.1 Å². The molecule has 0 N–H and O–H groups in total. The maximum absolute atomic E-state index is 12.7. The van der Waals surface area contributed by atoms with Crippen LogP contribution in [0.5, 0.6) is 11.5 Å². The van der Waals surface area contributed by atoms with Crippen molar-refractivity contribution < 1.29 is 23.0 Å². The van der Waals surface area contributed by atoms with Crippen LogP contribution in [0.25, 0.3) is 0 Å². The van der Waals surface area contributed by atoms with Crippen molar-refractivity contribution in [1.29, 1.82) is 0 Å². The fraction of sp³-hybridized carbons (Fsp3) is 0.300. The van der Waals surface area contributed by atoms with Gasteiger partial charge < -0.3 is 9.47 Å². The van der Waals surface area contributed by atoms with E-state index in [0.29, 0.717) is 18.4 Å². The predicted octanol–water partition coefficient (Wildman–Crippen LogP) is 2.14. The number of benzene rings is 1. The Bertz CT molecular complexity index is 468. The zero-order chi connectivity index (χ0) is 10.6. The van der Waals surface area contributed by atoms with Gasteiger partial charge in [-0.15, -0.1) is 8.78 Å². The average Bonchev–Trinajstić information content (AvgIpc) is 2.62. The number of halogens is 2. The monoisotopic (exact) mass is 212 g/mol. The molecule has 0 bridgehead atoms. The van der Waals surface area contributed by atoms with E-state index in [9.17, 15) is 13.6 Å². The predicted molar refractivity (Wildman–Crippen MR) is 45.3 cm³/mol. The molecule has 0 unspecified atom stereocenters. The zero-order valence-electron chi connectivity index (χ0n) is 7.55. The summed E-state index contributed by atoms with van der Waals surface area (Å²) in [6.07, 6.45) is -2.61. The van der Waals surface area contributed by atoms with Crippen LogP contribution in [0.3, 0.4) is 0 Å². The van der Waals surface area contributed by atoms with E-state index < -0.39 is 6.29 Å². The van der Waals surface area contributed by atoms with Crippen LogP contribution in [-0.2, 0) is 6.42 Å². The van der Waals surface area contributed by atoms with Crippen molar-refractivity contribution in [1.82, 2.24) is 0 Å². The summed E-state index contributed by atoms with van der Waals surface area (Å²) in [7, 11) is 0. The number of alkyl halides is 2. The van der Waals surface area contributed by atoms with Crippen LogP contribution < -0.4 is 9.47 Å². The number of hydrogen-bond acceptors (Lipinski definition) is 3. The normalized spacial score (nSPS) is 20.5. The van der Waals surface area contributed by atoms with Gasteiger partial charge >= 0.3 is 6.29 Å². The van der Waals surface area contributed by atoms with E-state index >= 15 is 0 Å². The first-order valence-electron chi connectivity index (χ1n) is 4.51. The van der Waals surface area contributed by atoms with Gasteiger partial charge in [0.05, 0.1) is 0 Å². The van der Waals surface area contributed by atoms with Crippen LogP contribution in [0.1, 0.15) is 22.3 Å². The van der Waals surface area contributed by atoms with E-state index in [1.165, 1.54) is 12.1 Å². The van der Waals surface area contributed by atoms with Crippen molar-refractivity contribution in [2.24, 2.45) is 0 Å². The molecule has 15 heavy (non-hydrogen) atoms. The van der Waals surface area contributed by atoms with Gasteiger partial charge in [-0.2, -0.15) is 0 Å². The van der Waals surface area contributed by atoms with Crippen molar-refractivity contribution in [3.8, 4) is 11.5 Å². The Labute approximate surface area is 83.6 Å². The molecule has 3 nitrogen and oxygen atoms in total. The summed E-state index contributed by atoms with van der Waals surface area (Å²) in [5.41, 5.74) is 1.22. The summed E-state index contributed by atoms with van der Waals surface area (Å²) in [4.78, 5) is 11.3. The fourth-order valence-corrected chi connectivity index (χ4v) is 1.89. The van der Waals surface area contributed by atoms with Crippen LogP contribution >= 0.6 is 0 Å². The van der Waals surface area contributed by atoms with Crippen molar-refractivity contribution in [2.75, 3.05) is 0 Å².